The molecular formula is C11H13Br2N5O. The summed E-state index contributed by atoms with van der Waals surface area (Å²) in [6.45, 7) is 3.31. The van der Waals surface area contributed by atoms with Gasteiger partial charge < -0.3 is 5.32 Å². The molecule has 2 heterocycles. The van der Waals surface area contributed by atoms with E-state index in [-0.39, 0.29) is 5.91 Å². The van der Waals surface area contributed by atoms with Gasteiger partial charge in [-0.2, -0.15) is 10.2 Å². The first-order valence-corrected chi connectivity index (χ1v) is 7.34. The standard InChI is InChI=1S/C11H13Br2N5O/c1-7-3-6-18(17-7)5-2-4-14-11(19)9-8(12)10(13)16-15-9/h3,6H,2,4-5H2,1H3,(H,14,19)(H,15,16). The molecule has 19 heavy (non-hydrogen) atoms. The highest BCUT2D eigenvalue weighted by molar-refractivity contribution is 9.13. The molecule has 6 nitrogen and oxygen atoms in total. The van der Waals surface area contributed by atoms with Gasteiger partial charge in [-0.25, -0.2) is 0 Å². The number of nitrogens with one attached hydrogen (secondary N) is 2. The van der Waals surface area contributed by atoms with Gasteiger partial charge in [-0.1, -0.05) is 0 Å². The second kappa shape index (κ2) is 6.33. The van der Waals surface area contributed by atoms with E-state index >= 15 is 0 Å². The van der Waals surface area contributed by atoms with E-state index < -0.39 is 0 Å². The minimum Gasteiger partial charge on any atom is -0.351 e. The van der Waals surface area contributed by atoms with Crippen molar-refractivity contribution >= 4 is 37.8 Å². The Morgan fingerprint density at radius 3 is 2.89 bits per heavy atom. The quantitative estimate of drug-likeness (QED) is 0.769. The molecule has 0 fully saturated rings. The van der Waals surface area contributed by atoms with E-state index in [0.29, 0.717) is 21.3 Å². The fraction of sp³-hybridized carbons (Fsp3) is 0.364. The summed E-state index contributed by atoms with van der Waals surface area (Å²) in [5.41, 5.74) is 1.34. The smallest absolute Gasteiger partial charge is 0.273 e. The van der Waals surface area contributed by atoms with Crippen LogP contribution in [0.15, 0.2) is 21.3 Å². The molecule has 0 radical (unpaired) electrons. The molecule has 0 aliphatic rings. The van der Waals surface area contributed by atoms with Crippen LogP contribution in [0.4, 0.5) is 0 Å². The lowest BCUT2D eigenvalue weighted by atomic mass is 10.3. The maximum absolute atomic E-state index is 11.8. The molecule has 0 saturated carbocycles. The van der Waals surface area contributed by atoms with Crippen LogP contribution >= 0.6 is 31.9 Å². The zero-order chi connectivity index (χ0) is 13.8. The van der Waals surface area contributed by atoms with Crippen LogP contribution in [0.5, 0.6) is 0 Å². The summed E-state index contributed by atoms with van der Waals surface area (Å²) in [5, 5.41) is 13.7. The molecular weight excluding hydrogens is 378 g/mol. The number of hydrogen-bond donors (Lipinski definition) is 2. The molecule has 2 aromatic rings. The molecule has 2 N–H and O–H groups in total. The zero-order valence-electron chi connectivity index (χ0n) is 10.3. The number of carbonyl (C=O) groups excluding carboxylic acids is 1. The maximum atomic E-state index is 11.8. The second-order valence-corrected chi connectivity index (χ2v) is 5.62. The highest BCUT2D eigenvalue weighted by atomic mass is 79.9. The van der Waals surface area contributed by atoms with Crippen LogP contribution in [-0.2, 0) is 6.54 Å². The first-order valence-electron chi connectivity index (χ1n) is 5.75. The van der Waals surface area contributed by atoms with E-state index in [1.54, 1.807) is 0 Å². The second-order valence-electron chi connectivity index (χ2n) is 4.03. The Labute approximate surface area is 127 Å². The lowest BCUT2D eigenvalue weighted by Crippen LogP contribution is -2.26. The van der Waals surface area contributed by atoms with Gasteiger partial charge in [-0.3, -0.25) is 14.6 Å². The average molecular weight is 391 g/mol. The van der Waals surface area contributed by atoms with E-state index in [1.165, 1.54) is 0 Å². The third kappa shape index (κ3) is 3.66. The van der Waals surface area contributed by atoms with Gasteiger partial charge in [0.2, 0.25) is 0 Å². The number of aromatic nitrogens is 4. The first-order chi connectivity index (χ1) is 9.08. The van der Waals surface area contributed by atoms with Gasteiger partial charge in [0.15, 0.2) is 5.69 Å². The highest BCUT2D eigenvalue weighted by Gasteiger charge is 2.15. The predicted octanol–water partition coefficient (Wildman–Crippen LogP) is 2.26. The summed E-state index contributed by atoms with van der Waals surface area (Å²) >= 11 is 6.53. The van der Waals surface area contributed by atoms with E-state index in [9.17, 15) is 4.79 Å². The lowest BCUT2D eigenvalue weighted by molar-refractivity contribution is 0.0947. The van der Waals surface area contributed by atoms with Crippen molar-refractivity contribution < 1.29 is 4.79 Å². The number of halogens is 2. The number of hydrogen-bond acceptors (Lipinski definition) is 3. The molecule has 0 bridgehead atoms. The van der Waals surface area contributed by atoms with E-state index in [2.05, 4.69) is 52.5 Å². The molecule has 0 aliphatic carbocycles. The van der Waals surface area contributed by atoms with Crippen LogP contribution in [0.3, 0.4) is 0 Å². The third-order valence-electron chi connectivity index (χ3n) is 2.51. The van der Waals surface area contributed by atoms with Crippen LogP contribution < -0.4 is 5.32 Å². The topological polar surface area (TPSA) is 75.6 Å². The Morgan fingerprint density at radius 2 is 2.32 bits per heavy atom. The molecule has 8 heteroatoms. The average Bonchev–Trinajstić information content (AvgIpc) is 2.93. The molecule has 0 unspecified atom stereocenters. The van der Waals surface area contributed by atoms with Crippen molar-refractivity contribution in [2.45, 2.75) is 19.9 Å². The van der Waals surface area contributed by atoms with E-state index in [1.807, 2.05) is 23.9 Å². The van der Waals surface area contributed by atoms with Crippen molar-refractivity contribution in [2.24, 2.45) is 0 Å². The van der Waals surface area contributed by atoms with Crippen LogP contribution in [0, 0.1) is 6.92 Å². The van der Waals surface area contributed by atoms with Gasteiger partial charge in [0.05, 0.1) is 10.2 Å². The molecule has 2 aromatic heterocycles. The van der Waals surface area contributed by atoms with E-state index in [4.69, 9.17) is 0 Å². The minimum absolute atomic E-state index is 0.203. The SMILES string of the molecule is Cc1ccn(CCCNC(=O)c2n[nH]c(Br)c2Br)n1. The van der Waals surface area contributed by atoms with Crippen molar-refractivity contribution in [3.05, 3.63) is 32.7 Å². The predicted molar refractivity (Wildman–Crippen MR) is 77.9 cm³/mol. The Balaban J connectivity index is 1.77. The normalized spacial score (nSPS) is 10.7. The van der Waals surface area contributed by atoms with Crippen LogP contribution in [-0.4, -0.2) is 32.4 Å². The van der Waals surface area contributed by atoms with Crippen molar-refractivity contribution in [1.29, 1.82) is 0 Å². The number of aryl methyl sites for hydroxylation is 2. The largest absolute Gasteiger partial charge is 0.351 e. The monoisotopic (exact) mass is 389 g/mol. The molecule has 0 aliphatic heterocycles. The van der Waals surface area contributed by atoms with E-state index in [0.717, 1.165) is 18.7 Å². The van der Waals surface area contributed by atoms with Crippen LogP contribution in [0.2, 0.25) is 0 Å². The Kier molecular flexibility index (Phi) is 4.76. The van der Waals surface area contributed by atoms with Crippen LogP contribution in [0.25, 0.3) is 0 Å². The number of rotatable bonds is 5. The first kappa shape index (κ1) is 14.3. The van der Waals surface area contributed by atoms with Crippen molar-refractivity contribution in [1.82, 2.24) is 25.3 Å². The Hall–Kier alpha value is -1.15. The summed E-state index contributed by atoms with van der Waals surface area (Å²) in [6.07, 6.45) is 2.74. The summed E-state index contributed by atoms with van der Waals surface area (Å²) in [7, 11) is 0. The number of amides is 1. The van der Waals surface area contributed by atoms with Crippen molar-refractivity contribution in [3.8, 4) is 0 Å². The summed E-state index contributed by atoms with van der Waals surface area (Å²) in [4.78, 5) is 11.8. The van der Waals surface area contributed by atoms with Crippen LogP contribution in [0.1, 0.15) is 22.6 Å². The van der Waals surface area contributed by atoms with Gasteiger partial charge in [0.25, 0.3) is 5.91 Å². The highest BCUT2D eigenvalue weighted by Crippen LogP contribution is 2.23. The fourth-order valence-electron chi connectivity index (χ4n) is 1.57. The Bertz CT molecular complexity index is 577. The minimum atomic E-state index is -0.203. The summed E-state index contributed by atoms with van der Waals surface area (Å²) < 4.78 is 3.15. The van der Waals surface area contributed by atoms with Crippen molar-refractivity contribution in [2.75, 3.05) is 6.54 Å². The number of H-pyrrole nitrogens is 1. The number of carbonyl (C=O) groups is 1. The lowest BCUT2D eigenvalue weighted by Gasteiger charge is -2.04. The van der Waals surface area contributed by atoms with Gasteiger partial charge in [-0.15, -0.1) is 0 Å². The number of aromatic amines is 1. The van der Waals surface area contributed by atoms with Gasteiger partial charge in [0, 0.05) is 19.3 Å². The molecule has 0 spiro atoms. The third-order valence-corrected chi connectivity index (χ3v) is 4.38. The number of nitrogens with zero attached hydrogens (tertiary/aromatic N) is 3. The molecule has 0 aromatic carbocycles. The molecule has 0 atom stereocenters. The maximum Gasteiger partial charge on any atom is 0.273 e. The summed E-state index contributed by atoms with van der Waals surface area (Å²) in [5.74, 6) is -0.203. The van der Waals surface area contributed by atoms with Gasteiger partial charge >= 0.3 is 0 Å². The zero-order valence-corrected chi connectivity index (χ0v) is 13.5. The summed E-state index contributed by atoms with van der Waals surface area (Å²) in [6, 6.07) is 1.96. The van der Waals surface area contributed by atoms with Gasteiger partial charge in [0.1, 0.15) is 4.60 Å². The van der Waals surface area contributed by atoms with Crippen molar-refractivity contribution in [3.63, 3.8) is 0 Å². The molecule has 1 amide bonds. The van der Waals surface area contributed by atoms with Gasteiger partial charge in [-0.05, 0) is 51.3 Å². The molecule has 0 saturated heterocycles. The molecule has 2 rings (SSSR count). The fourth-order valence-corrected chi connectivity index (χ4v) is 2.21. The molecule has 102 valence electrons. The Morgan fingerprint density at radius 1 is 1.53 bits per heavy atom.